The van der Waals surface area contributed by atoms with Crippen LogP contribution in [0.3, 0.4) is 0 Å². The number of nitrogens with one attached hydrogen (secondary N) is 1. The summed E-state index contributed by atoms with van der Waals surface area (Å²) in [7, 11) is 1.63. The quantitative estimate of drug-likeness (QED) is 0.626. The number of carbonyl (C=O) groups is 1. The van der Waals surface area contributed by atoms with Gasteiger partial charge in [-0.05, 0) is 42.3 Å². The van der Waals surface area contributed by atoms with Crippen LogP contribution in [0.5, 0.6) is 11.5 Å². The number of furan rings is 1. The summed E-state index contributed by atoms with van der Waals surface area (Å²) in [5, 5.41) is 3.03. The van der Waals surface area contributed by atoms with Gasteiger partial charge in [-0.1, -0.05) is 37.3 Å². The Labute approximate surface area is 158 Å². The predicted octanol–water partition coefficient (Wildman–Crippen LogP) is 4.75. The van der Waals surface area contributed by atoms with Crippen LogP contribution >= 0.6 is 0 Å². The number of ether oxygens (including phenoxy) is 2. The predicted molar refractivity (Wildman–Crippen MR) is 103 cm³/mol. The summed E-state index contributed by atoms with van der Waals surface area (Å²) in [6, 6.07) is 18.8. The van der Waals surface area contributed by atoms with Crippen LogP contribution < -0.4 is 14.8 Å². The molecule has 27 heavy (non-hydrogen) atoms. The van der Waals surface area contributed by atoms with E-state index in [2.05, 4.69) is 5.32 Å². The van der Waals surface area contributed by atoms with Gasteiger partial charge in [0.15, 0.2) is 5.76 Å². The van der Waals surface area contributed by atoms with Gasteiger partial charge in [0.25, 0.3) is 5.91 Å². The minimum atomic E-state index is -0.255. The van der Waals surface area contributed by atoms with Crippen LogP contribution in [0.2, 0.25) is 0 Å². The molecule has 0 spiro atoms. The van der Waals surface area contributed by atoms with Crippen LogP contribution in [0, 0.1) is 0 Å². The van der Waals surface area contributed by atoms with Gasteiger partial charge >= 0.3 is 0 Å². The molecule has 0 aliphatic rings. The number of carbonyl (C=O) groups excluding carboxylic acids is 1. The van der Waals surface area contributed by atoms with Crippen LogP contribution in [0.1, 0.15) is 41.1 Å². The first kappa shape index (κ1) is 18.6. The zero-order valence-corrected chi connectivity index (χ0v) is 15.5. The van der Waals surface area contributed by atoms with E-state index in [0.29, 0.717) is 5.56 Å². The third-order valence-electron chi connectivity index (χ3n) is 4.32. The number of methoxy groups -OCH3 is 1. The average Bonchev–Trinajstić information content (AvgIpc) is 3.20. The monoisotopic (exact) mass is 365 g/mol. The maximum absolute atomic E-state index is 12.7. The van der Waals surface area contributed by atoms with Gasteiger partial charge in [-0.25, -0.2) is 0 Å². The molecule has 0 aliphatic heterocycles. The van der Waals surface area contributed by atoms with E-state index < -0.39 is 0 Å². The minimum absolute atomic E-state index is 0.114. The first-order valence-corrected chi connectivity index (χ1v) is 8.90. The van der Waals surface area contributed by atoms with Gasteiger partial charge in [-0.3, -0.25) is 4.79 Å². The molecule has 140 valence electrons. The van der Waals surface area contributed by atoms with Gasteiger partial charge in [-0.2, -0.15) is 0 Å². The number of para-hydroxylation sites is 1. The van der Waals surface area contributed by atoms with Crippen molar-refractivity contribution < 1.29 is 18.7 Å². The van der Waals surface area contributed by atoms with Gasteiger partial charge < -0.3 is 19.2 Å². The standard InChI is InChI=1S/C22H23NO4/c1-3-20(16-9-11-18(25-2)12-10-16)23-22(24)21-17(13-14-26-21)15-27-19-7-5-4-6-8-19/h4-14,20H,3,15H2,1-2H3,(H,23,24). The molecular formula is C22H23NO4. The van der Waals surface area contributed by atoms with Crippen LogP contribution in [0.15, 0.2) is 71.3 Å². The smallest absolute Gasteiger partial charge is 0.287 e. The topological polar surface area (TPSA) is 60.7 Å². The molecule has 1 amide bonds. The van der Waals surface area contributed by atoms with Crippen molar-refractivity contribution in [2.24, 2.45) is 0 Å². The van der Waals surface area contributed by atoms with Crippen molar-refractivity contribution in [3.8, 4) is 11.5 Å². The second kappa shape index (κ2) is 8.94. The lowest BCUT2D eigenvalue weighted by atomic mass is 10.0. The maximum Gasteiger partial charge on any atom is 0.287 e. The Morgan fingerprint density at radius 3 is 2.44 bits per heavy atom. The molecule has 1 atom stereocenters. The number of hydrogen-bond donors (Lipinski definition) is 1. The normalized spacial score (nSPS) is 11.6. The van der Waals surface area contributed by atoms with Crippen LogP contribution in [0.25, 0.3) is 0 Å². The Hall–Kier alpha value is -3.21. The van der Waals surface area contributed by atoms with E-state index in [-0.39, 0.29) is 24.3 Å². The van der Waals surface area contributed by atoms with Gasteiger partial charge in [0.2, 0.25) is 0 Å². The van der Waals surface area contributed by atoms with Crippen molar-refractivity contribution in [1.82, 2.24) is 5.32 Å². The molecule has 3 rings (SSSR count). The minimum Gasteiger partial charge on any atom is -0.497 e. The molecule has 0 saturated heterocycles. The average molecular weight is 365 g/mol. The summed E-state index contributed by atoms with van der Waals surface area (Å²) in [6.07, 6.45) is 2.27. The van der Waals surface area contributed by atoms with Gasteiger partial charge in [-0.15, -0.1) is 0 Å². The Balaban J connectivity index is 1.67. The van der Waals surface area contributed by atoms with Gasteiger partial charge in [0, 0.05) is 5.56 Å². The summed E-state index contributed by atoms with van der Waals surface area (Å²) in [6.45, 7) is 2.29. The Morgan fingerprint density at radius 1 is 1.04 bits per heavy atom. The molecule has 0 saturated carbocycles. The van der Waals surface area contributed by atoms with E-state index in [0.717, 1.165) is 23.5 Å². The number of amides is 1. The first-order chi connectivity index (χ1) is 13.2. The number of rotatable bonds is 8. The van der Waals surface area contributed by atoms with Crippen molar-refractivity contribution in [3.05, 3.63) is 83.8 Å². The van der Waals surface area contributed by atoms with Crippen molar-refractivity contribution in [3.63, 3.8) is 0 Å². The first-order valence-electron chi connectivity index (χ1n) is 8.90. The molecule has 1 aromatic heterocycles. The summed E-state index contributed by atoms with van der Waals surface area (Å²) >= 11 is 0. The Morgan fingerprint density at radius 2 is 1.78 bits per heavy atom. The SMILES string of the molecule is CCC(NC(=O)c1occc1COc1ccccc1)c1ccc(OC)cc1. The van der Waals surface area contributed by atoms with E-state index in [1.807, 2.05) is 61.5 Å². The second-order valence-electron chi connectivity index (χ2n) is 6.08. The molecule has 1 heterocycles. The highest BCUT2D eigenvalue weighted by atomic mass is 16.5. The summed E-state index contributed by atoms with van der Waals surface area (Å²) < 4.78 is 16.3. The van der Waals surface area contributed by atoms with Crippen molar-refractivity contribution in [2.45, 2.75) is 26.0 Å². The largest absolute Gasteiger partial charge is 0.497 e. The van der Waals surface area contributed by atoms with Crippen LogP contribution in [0.4, 0.5) is 0 Å². The third kappa shape index (κ3) is 4.70. The van der Waals surface area contributed by atoms with Crippen LogP contribution in [-0.2, 0) is 6.61 Å². The molecule has 1 unspecified atom stereocenters. The number of hydrogen-bond acceptors (Lipinski definition) is 4. The zero-order valence-electron chi connectivity index (χ0n) is 15.5. The number of benzene rings is 2. The van der Waals surface area contributed by atoms with Crippen LogP contribution in [-0.4, -0.2) is 13.0 Å². The fourth-order valence-corrected chi connectivity index (χ4v) is 2.81. The molecule has 3 aromatic rings. The molecule has 0 bridgehead atoms. The third-order valence-corrected chi connectivity index (χ3v) is 4.32. The lowest BCUT2D eigenvalue weighted by Gasteiger charge is -2.17. The Kier molecular flexibility index (Phi) is 6.15. The molecule has 2 aromatic carbocycles. The van der Waals surface area contributed by atoms with Gasteiger partial charge in [0.1, 0.15) is 18.1 Å². The summed E-state index contributed by atoms with van der Waals surface area (Å²) in [5.74, 6) is 1.55. The van der Waals surface area contributed by atoms with Crippen molar-refractivity contribution >= 4 is 5.91 Å². The van der Waals surface area contributed by atoms with E-state index in [9.17, 15) is 4.79 Å². The highest BCUT2D eigenvalue weighted by Crippen LogP contribution is 2.22. The molecule has 1 N–H and O–H groups in total. The fourth-order valence-electron chi connectivity index (χ4n) is 2.81. The lowest BCUT2D eigenvalue weighted by molar-refractivity contribution is 0.0904. The van der Waals surface area contributed by atoms with Gasteiger partial charge in [0.05, 0.1) is 19.4 Å². The second-order valence-corrected chi connectivity index (χ2v) is 6.08. The van der Waals surface area contributed by atoms with Crippen molar-refractivity contribution in [1.29, 1.82) is 0 Å². The van der Waals surface area contributed by atoms with E-state index in [4.69, 9.17) is 13.9 Å². The molecule has 0 fully saturated rings. The fraction of sp³-hybridized carbons (Fsp3) is 0.227. The molecule has 0 aliphatic carbocycles. The molecule has 5 nitrogen and oxygen atoms in total. The molecular weight excluding hydrogens is 342 g/mol. The molecule has 0 radical (unpaired) electrons. The highest BCUT2D eigenvalue weighted by Gasteiger charge is 2.20. The van der Waals surface area contributed by atoms with Crippen molar-refractivity contribution in [2.75, 3.05) is 7.11 Å². The summed E-state index contributed by atoms with van der Waals surface area (Å²) in [4.78, 5) is 12.7. The van der Waals surface area contributed by atoms with E-state index in [1.165, 1.54) is 6.26 Å². The Bertz CT molecular complexity index is 856. The highest BCUT2D eigenvalue weighted by molar-refractivity contribution is 5.93. The van der Waals surface area contributed by atoms with E-state index >= 15 is 0 Å². The molecule has 5 heteroatoms. The maximum atomic E-state index is 12.7. The lowest BCUT2D eigenvalue weighted by Crippen LogP contribution is -2.28. The summed E-state index contributed by atoms with van der Waals surface area (Å²) in [5.41, 5.74) is 1.72. The zero-order chi connectivity index (χ0) is 19.1. The van der Waals surface area contributed by atoms with E-state index in [1.54, 1.807) is 13.2 Å².